The molecule has 1 aliphatic heterocycles. The van der Waals surface area contributed by atoms with Gasteiger partial charge in [-0.2, -0.15) is 0 Å². The molecule has 0 aliphatic carbocycles. The Morgan fingerprint density at radius 2 is 2.00 bits per heavy atom. The maximum Gasteiger partial charge on any atom is 0.191 e. The molecule has 2 N–H and O–H groups in total. The van der Waals surface area contributed by atoms with Crippen molar-refractivity contribution in [3.63, 3.8) is 0 Å². The van der Waals surface area contributed by atoms with Crippen LogP contribution in [0.5, 0.6) is 11.5 Å². The number of rotatable bonds is 10. The molecule has 9 heteroatoms. The third-order valence-corrected chi connectivity index (χ3v) is 5.37. The number of aromatic nitrogens is 3. The molecule has 3 rings (SSSR count). The first-order valence-corrected chi connectivity index (χ1v) is 11.5. The van der Waals surface area contributed by atoms with E-state index in [1.54, 1.807) is 7.11 Å². The van der Waals surface area contributed by atoms with Crippen LogP contribution < -0.4 is 20.1 Å². The number of hydrogen-bond donors (Lipinski definition) is 2. The minimum absolute atomic E-state index is 0. The second-order valence-corrected chi connectivity index (χ2v) is 7.64. The minimum atomic E-state index is 0. The van der Waals surface area contributed by atoms with Crippen molar-refractivity contribution in [1.29, 1.82) is 0 Å². The number of nitrogens with zero attached hydrogens (tertiary/aromatic N) is 4. The van der Waals surface area contributed by atoms with Crippen molar-refractivity contribution in [2.75, 3.05) is 26.8 Å². The van der Waals surface area contributed by atoms with Crippen LogP contribution in [0.15, 0.2) is 23.2 Å². The Balaban J connectivity index is 0.00000363. The zero-order valence-corrected chi connectivity index (χ0v) is 21.9. The Morgan fingerprint density at radius 3 is 2.78 bits per heavy atom. The first kappa shape index (κ1) is 26.2. The molecule has 0 spiro atoms. The molecule has 0 bridgehead atoms. The van der Waals surface area contributed by atoms with Gasteiger partial charge in [0.15, 0.2) is 23.3 Å². The molecule has 0 radical (unpaired) electrons. The summed E-state index contributed by atoms with van der Waals surface area (Å²) >= 11 is 0. The van der Waals surface area contributed by atoms with Crippen LogP contribution in [-0.4, -0.2) is 47.5 Å². The van der Waals surface area contributed by atoms with E-state index in [0.717, 1.165) is 68.0 Å². The van der Waals surface area contributed by atoms with E-state index in [9.17, 15) is 0 Å². The van der Waals surface area contributed by atoms with E-state index in [1.807, 2.05) is 13.0 Å². The predicted molar refractivity (Wildman–Crippen MR) is 138 cm³/mol. The summed E-state index contributed by atoms with van der Waals surface area (Å²) in [6, 6.07) is 6.14. The topological polar surface area (TPSA) is 85.6 Å². The van der Waals surface area contributed by atoms with Crippen LogP contribution in [-0.2, 0) is 25.9 Å². The molecule has 0 unspecified atom stereocenters. The molecule has 0 atom stereocenters. The van der Waals surface area contributed by atoms with E-state index >= 15 is 0 Å². The van der Waals surface area contributed by atoms with Gasteiger partial charge in [0.25, 0.3) is 0 Å². The highest BCUT2D eigenvalue weighted by Gasteiger charge is 2.14. The van der Waals surface area contributed by atoms with Crippen molar-refractivity contribution >= 4 is 29.9 Å². The Hall–Kier alpha value is -2.04. The summed E-state index contributed by atoms with van der Waals surface area (Å²) in [5, 5.41) is 15.5. The molecule has 2 aromatic rings. The fourth-order valence-corrected chi connectivity index (χ4v) is 3.80. The molecule has 32 heavy (non-hydrogen) atoms. The second kappa shape index (κ2) is 14.2. The maximum absolute atomic E-state index is 5.68. The minimum Gasteiger partial charge on any atom is -0.493 e. The lowest BCUT2D eigenvalue weighted by Crippen LogP contribution is -2.38. The Kier molecular flexibility index (Phi) is 11.6. The van der Waals surface area contributed by atoms with E-state index < -0.39 is 0 Å². The lowest BCUT2D eigenvalue weighted by Gasteiger charge is -2.13. The van der Waals surface area contributed by atoms with E-state index in [4.69, 9.17) is 14.5 Å². The molecule has 178 valence electrons. The summed E-state index contributed by atoms with van der Waals surface area (Å²) in [5.74, 6) is 4.45. The average molecular weight is 556 g/mol. The number of ether oxygens (including phenoxy) is 2. The Labute approximate surface area is 208 Å². The highest BCUT2D eigenvalue weighted by Crippen LogP contribution is 2.28. The number of hydrogen-bond acceptors (Lipinski definition) is 5. The molecule has 2 heterocycles. The summed E-state index contributed by atoms with van der Waals surface area (Å²) in [7, 11) is 1.67. The molecule has 1 aromatic carbocycles. The number of methoxy groups -OCH3 is 1. The Bertz CT molecular complexity index is 855. The van der Waals surface area contributed by atoms with Crippen LogP contribution >= 0.6 is 24.0 Å². The van der Waals surface area contributed by atoms with Gasteiger partial charge in [0.1, 0.15) is 12.4 Å². The maximum atomic E-state index is 5.68. The number of aryl methyl sites for hydroxylation is 2. The third-order valence-electron chi connectivity index (χ3n) is 5.37. The van der Waals surface area contributed by atoms with E-state index in [2.05, 4.69) is 44.5 Å². The van der Waals surface area contributed by atoms with Gasteiger partial charge in [-0.3, -0.25) is 0 Å². The van der Waals surface area contributed by atoms with E-state index in [-0.39, 0.29) is 24.0 Å². The van der Waals surface area contributed by atoms with Crippen LogP contribution in [0.4, 0.5) is 0 Å². The first-order valence-electron chi connectivity index (χ1n) is 11.5. The van der Waals surface area contributed by atoms with Crippen LogP contribution in [0, 0.1) is 0 Å². The van der Waals surface area contributed by atoms with Crippen molar-refractivity contribution in [3.05, 3.63) is 35.4 Å². The number of guanidine groups is 1. The van der Waals surface area contributed by atoms with Gasteiger partial charge in [0, 0.05) is 26.1 Å². The lowest BCUT2D eigenvalue weighted by molar-refractivity contribution is 0.310. The van der Waals surface area contributed by atoms with Gasteiger partial charge in [-0.1, -0.05) is 12.5 Å². The highest BCUT2D eigenvalue weighted by molar-refractivity contribution is 14.0. The third kappa shape index (κ3) is 7.53. The number of aliphatic imine (C=N–C) groups is 1. The fraction of sp³-hybridized carbons (Fsp3) is 0.609. The largest absolute Gasteiger partial charge is 0.493 e. The summed E-state index contributed by atoms with van der Waals surface area (Å²) < 4.78 is 13.3. The van der Waals surface area contributed by atoms with Crippen molar-refractivity contribution < 1.29 is 9.47 Å². The number of halogens is 1. The molecule has 1 aromatic heterocycles. The molecule has 0 amide bonds. The van der Waals surface area contributed by atoms with Crippen LogP contribution in [0.1, 0.15) is 56.7 Å². The first-order chi connectivity index (χ1) is 15.2. The van der Waals surface area contributed by atoms with Gasteiger partial charge in [-0.25, -0.2) is 4.99 Å². The van der Waals surface area contributed by atoms with E-state index in [0.29, 0.717) is 13.2 Å². The smallest absolute Gasteiger partial charge is 0.191 e. The number of benzene rings is 1. The standard InChI is InChI=1S/C23H36N6O2.HI/c1-4-24-23(26-17-22-28-27-21-11-7-6-8-15-29(21)22)25-14-9-10-18-12-13-19(30-3)20(16-18)31-5-2;/h12-13,16H,4-11,14-15,17H2,1-3H3,(H2,24,25,26);1H. The molecule has 0 saturated carbocycles. The van der Waals surface area contributed by atoms with Crippen molar-refractivity contribution in [1.82, 2.24) is 25.4 Å². The average Bonchev–Trinajstić information content (AvgIpc) is 3.01. The van der Waals surface area contributed by atoms with Gasteiger partial charge in [-0.15, -0.1) is 34.2 Å². The molecular formula is C23H37IN6O2. The lowest BCUT2D eigenvalue weighted by atomic mass is 10.1. The molecular weight excluding hydrogens is 519 g/mol. The molecule has 0 fully saturated rings. The summed E-state index contributed by atoms with van der Waals surface area (Å²) in [6.45, 7) is 7.88. The summed E-state index contributed by atoms with van der Waals surface area (Å²) in [4.78, 5) is 4.73. The monoisotopic (exact) mass is 556 g/mol. The van der Waals surface area contributed by atoms with Gasteiger partial charge >= 0.3 is 0 Å². The zero-order valence-electron chi connectivity index (χ0n) is 19.5. The SMILES string of the molecule is CCNC(=NCc1nnc2n1CCCCC2)NCCCc1ccc(OC)c(OCC)c1.I. The summed E-state index contributed by atoms with van der Waals surface area (Å²) in [6.07, 6.45) is 6.61. The van der Waals surface area contributed by atoms with Crippen LogP contribution in [0.25, 0.3) is 0 Å². The van der Waals surface area contributed by atoms with Crippen molar-refractivity contribution in [3.8, 4) is 11.5 Å². The highest BCUT2D eigenvalue weighted by atomic mass is 127. The second-order valence-electron chi connectivity index (χ2n) is 7.64. The predicted octanol–water partition coefficient (Wildman–Crippen LogP) is 3.72. The molecule has 1 aliphatic rings. The molecule has 0 saturated heterocycles. The number of fused-ring (bicyclic) bond motifs is 1. The van der Waals surface area contributed by atoms with Gasteiger partial charge in [0.2, 0.25) is 0 Å². The van der Waals surface area contributed by atoms with E-state index in [1.165, 1.54) is 24.8 Å². The quantitative estimate of drug-likeness (QED) is 0.201. The summed E-state index contributed by atoms with van der Waals surface area (Å²) in [5.41, 5.74) is 1.24. The number of nitrogens with one attached hydrogen (secondary N) is 2. The van der Waals surface area contributed by atoms with Gasteiger partial charge in [0.05, 0.1) is 13.7 Å². The van der Waals surface area contributed by atoms with Crippen molar-refractivity contribution in [2.24, 2.45) is 4.99 Å². The molecule has 8 nitrogen and oxygen atoms in total. The zero-order chi connectivity index (χ0) is 21.9. The van der Waals surface area contributed by atoms with Crippen LogP contribution in [0.2, 0.25) is 0 Å². The Morgan fingerprint density at radius 1 is 1.12 bits per heavy atom. The van der Waals surface area contributed by atoms with Gasteiger partial charge < -0.3 is 24.7 Å². The van der Waals surface area contributed by atoms with Gasteiger partial charge in [-0.05, 0) is 57.2 Å². The normalized spacial score (nSPS) is 13.5. The fourth-order valence-electron chi connectivity index (χ4n) is 3.80. The van der Waals surface area contributed by atoms with Crippen LogP contribution in [0.3, 0.4) is 0 Å². The van der Waals surface area contributed by atoms with Crippen molar-refractivity contribution in [2.45, 2.75) is 65.5 Å².